The van der Waals surface area contributed by atoms with E-state index in [0.29, 0.717) is 23.6 Å². The van der Waals surface area contributed by atoms with E-state index in [2.05, 4.69) is 42.0 Å². The molecule has 9 nitrogen and oxygen atoms in total. The normalized spacial score (nSPS) is 12.0. The third kappa shape index (κ3) is 4.41. The highest BCUT2D eigenvalue weighted by atomic mass is 16.1. The number of amides is 1. The molecule has 4 heterocycles. The third-order valence-electron chi connectivity index (χ3n) is 5.71. The lowest BCUT2D eigenvalue weighted by Crippen LogP contribution is -2.19. The van der Waals surface area contributed by atoms with Crippen molar-refractivity contribution < 1.29 is 4.79 Å². The summed E-state index contributed by atoms with van der Waals surface area (Å²) in [5, 5.41) is 11.3. The van der Waals surface area contributed by atoms with E-state index < -0.39 is 0 Å². The molecule has 1 amide bonds. The number of hydrogen-bond donors (Lipinski definition) is 3. The highest BCUT2D eigenvalue weighted by molar-refractivity contribution is 6.12. The monoisotopic (exact) mass is 476 g/mol. The minimum atomic E-state index is -0.0957. The van der Waals surface area contributed by atoms with Crippen molar-refractivity contribution in [3.05, 3.63) is 79.0 Å². The molecule has 0 fully saturated rings. The summed E-state index contributed by atoms with van der Waals surface area (Å²) in [7, 11) is 1.70. The largest absolute Gasteiger partial charge is 0.335 e. The van der Waals surface area contributed by atoms with Gasteiger partial charge in [-0.15, -0.1) is 0 Å². The van der Waals surface area contributed by atoms with E-state index in [1.165, 1.54) is 0 Å². The number of aromatic nitrogens is 6. The molecule has 4 aromatic heterocycles. The number of pyridine rings is 2. The van der Waals surface area contributed by atoms with Crippen molar-refractivity contribution in [2.45, 2.75) is 13.3 Å². The maximum atomic E-state index is 11.8. The van der Waals surface area contributed by atoms with E-state index >= 15 is 0 Å². The molecule has 178 valence electrons. The lowest BCUT2D eigenvalue weighted by molar-refractivity contribution is -0.119. The van der Waals surface area contributed by atoms with Crippen molar-refractivity contribution in [2.24, 2.45) is 4.99 Å². The Morgan fingerprint density at radius 2 is 2.06 bits per heavy atom. The minimum Gasteiger partial charge on any atom is -0.335 e. The second-order valence-corrected chi connectivity index (χ2v) is 8.16. The number of aromatic amines is 2. The Morgan fingerprint density at radius 3 is 2.83 bits per heavy atom. The summed E-state index contributed by atoms with van der Waals surface area (Å²) in [5.74, 6) is 0.530. The van der Waals surface area contributed by atoms with E-state index in [0.717, 1.165) is 44.2 Å². The van der Waals surface area contributed by atoms with Gasteiger partial charge in [-0.25, -0.2) is 4.98 Å². The molecule has 0 radical (unpaired) electrons. The fourth-order valence-corrected chi connectivity index (χ4v) is 3.98. The van der Waals surface area contributed by atoms with E-state index in [1.54, 1.807) is 51.0 Å². The van der Waals surface area contributed by atoms with Crippen molar-refractivity contribution in [3.63, 3.8) is 0 Å². The first-order valence-corrected chi connectivity index (χ1v) is 11.4. The van der Waals surface area contributed by atoms with Crippen LogP contribution in [0.4, 0.5) is 0 Å². The van der Waals surface area contributed by atoms with Crippen LogP contribution in [0.3, 0.4) is 0 Å². The van der Waals surface area contributed by atoms with Crippen molar-refractivity contribution in [3.8, 4) is 22.6 Å². The Bertz CT molecular complexity index is 1640. The Morgan fingerprint density at radius 1 is 1.17 bits per heavy atom. The molecule has 3 N–H and O–H groups in total. The summed E-state index contributed by atoms with van der Waals surface area (Å²) in [6.45, 7) is 5.75. The molecule has 0 spiro atoms. The van der Waals surface area contributed by atoms with Gasteiger partial charge in [-0.05, 0) is 29.8 Å². The molecule has 36 heavy (non-hydrogen) atoms. The molecule has 0 aliphatic rings. The molecule has 5 rings (SSSR count). The molecule has 0 atom stereocenters. The molecular weight excluding hydrogens is 452 g/mol. The van der Waals surface area contributed by atoms with Crippen molar-refractivity contribution in [1.29, 1.82) is 0 Å². The smallest absolute Gasteiger partial charge is 0.224 e. The van der Waals surface area contributed by atoms with E-state index in [4.69, 9.17) is 4.98 Å². The highest BCUT2D eigenvalue weighted by Crippen LogP contribution is 2.31. The molecule has 0 aliphatic carbocycles. The quantitative estimate of drug-likeness (QED) is 0.232. The van der Waals surface area contributed by atoms with Crippen LogP contribution in [0.25, 0.3) is 50.2 Å². The summed E-state index contributed by atoms with van der Waals surface area (Å²) in [4.78, 5) is 32.8. The van der Waals surface area contributed by atoms with Gasteiger partial charge in [-0.3, -0.25) is 24.9 Å². The number of carbonyl (C=O) groups is 1. The lowest BCUT2D eigenvalue weighted by Gasteiger charge is -2.07. The van der Waals surface area contributed by atoms with Crippen LogP contribution in [0.1, 0.15) is 18.9 Å². The number of rotatable bonds is 7. The van der Waals surface area contributed by atoms with Crippen LogP contribution in [0.15, 0.2) is 78.5 Å². The summed E-state index contributed by atoms with van der Waals surface area (Å²) in [6, 6.07) is 9.81. The zero-order valence-corrected chi connectivity index (χ0v) is 19.9. The maximum Gasteiger partial charge on any atom is 0.224 e. The van der Waals surface area contributed by atoms with Gasteiger partial charge in [0.2, 0.25) is 5.91 Å². The number of nitrogens with zero attached hydrogens (tertiary/aromatic N) is 5. The van der Waals surface area contributed by atoms with Crippen LogP contribution in [0, 0.1) is 0 Å². The maximum absolute atomic E-state index is 11.8. The van der Waals surface area contributed by atoms with Gasteiger partial charge in [0.15, 0.2) is 5.82 Å². The average Bonchev–Trinajstić information content (AvgIpc) is 3.52. The number of aliphatic imine (C=N–C) groups is 1. The summed E-state index contributed by atoms with van der Waals surface area (Å²) < 4.78 is 0. The third-order valence-corrected chi connectivity index (χ3v) is 5.71. The molecule has 0 bridgehead atoms. The molecule has 0 unspecified atom stereocenters. The standard InChI is InChI=1S/C27H24N8O/c1-4-24(36)31-16(2)10-19(12-28-3)17-7-8-22-20(11-17)26(35-34-22)27-32-23-15-30-14-21(25(23)33-27)18-6-5-9-29-13-18/h5-15H,2,4H2,1,3H3,(H,31,36)(H,32,33)(H,34,35)/b19-10+,28-12-. The van der Waals surface area contributed by atoms with Crippen LogP contribution in [0.2, 0.25) is 0 Å². The fourth-order valence-electron chi connectivity index (χ4n) is 3.98. The first kappa shape index (κ1) is 22.9. The summed E-state index contributed by atoms with van der Waals surface area (Å²) in [6.07, 6.45) is 11.0. The van der Waals surface area contributed by atoms with Gasteiger partial charge >= 0.3 is 0 Å². The lowest BCUT2D eigenvalue weighted by atomic mass is 10.0. The van der Waals surface area contributed by atoms with Crippen LogP contribution < -0.4 is 5.32 Å². The topological polar surface area (TPSA) is 125 Å². The fraction of sp³-hybridized carbons (Fsp3) is 0.111. The van der Waals surface area contributed by atoms with Gasteiger partial charge in [0, 0.05) is 66.1 Å². The number of hydrogen-bond acceptors (Lipinski definition) is 6. The van der Waals surface area contributed by atoms with Crippen LogP contribution >= 0.6 is 0 Å². The van der Waals surface area contributed by atoms with Gasteiger partial charge in [0.1, 0.15) is 11.2 Å². The summed E-state index contributed by atoms with van der Waals surface area (Å²) >= 11 is 0. The Balaban J connectivity index is 1.58. The van der Waals surface area contributed by atoms with Gasteiger partial charge in [-0.1, -0.05) is 25.6 Å². The molecule has 5 aromatic rings. The SMILES string of the molecule is C=C(/C=C(\C=N/C)c1ccc2[nH]nc(-c3nc4c(-c5cccnc5)cncc4[nH]3)c2c1)NC(=O)CC. The zero-order chi connectivity index (χ0) is 25.1. The van der Waals surface area contributed by atoms with Gasteiger partial charge in [-0.2, -0.15) is 5.10 Å². The van der Waals surface area contributed by atoms with Crippen LogP contribution in [0.5, 0.6) is 0 Å². The number of fused-ring (bicyclic) bond motifs is 2. The van der Waals surface area contributed by atoms with E-state index in [-0.39, 0.29) is 5.91 Å². The predicted octanol–water partition coefficient (Wildman–Crippen LogP) is 4.69. The molecule has 1 aromatic carbocycles. The summed E-state index contributed by atoms with van der Waals surface area (Å²) in [5.41, 5.74) is 7.18. The number of imidazole rings is 1. The second-order valence-electron chi connectivity index (χ2n) is 8.16. The number of H-pyrrole nitrogens is 2. The minimum absolute atomic E-state index is 0.0957. The molecule has 0 saturated carbocycles. The van der Waals surface area contributed by atoms with E-state index in [9.17, 15) is 4.79 Å². The number of allylic oxidation sites excluding steroid dienone is 2. The van der Waals surface area contributed by atoms with Crippen LogP contribution in [-0.2, 0) is 4.79 Å². The van der Waals surface area contributed by atoms with Gasteiger partial charge in [0.05, 0.1) is 17.2 Å². The Labute approximate surface area is 207 Å². The highest BCUT2D eigenvalue weighted by Gasteiger charge is 2.16. The number of carbonyl (C=O) groups excluding carboxylic acids is 1. The van der Waals surface area contributed by atoms with Crippen LogP contribution in [-0.4, -0.2) is 49.3 Å². The Hall–Kier alpha value is -4.92. The van der Waals surface area contributed by atoms with Gasteiger partial charge in [0.25, 0.3) is 0 Å². The molecule has 0 aliphatic heterocycles. The number of nitrogens with one attached hydrogen (secondary N) is 3. The average molecular weight is 477 g/mol. The molecule has 0 saturated heterocycles. The zero-order valence-electron chi connectivity index (χ0n) is 19.9. The Kier molecular flexibility index (Phi) is 6.19. The van der Waals surface area contributed by atoms with Gasteiger partial charge < -0.3 is 10.3 Å². The second kappa shape index (κ2) is 9.75. The van der Waals surface area contributed by atoms with Crippen molar-refractivity contribution in [1.82, 2.24) is 35.5 Å². The van der Waals surface area contributed by atoms with Crippen molar-refractivity contribution >= 4 is 39.6 Å². The number of benzene rings is 1. The molecular formula is C27H24N8O. The molecule has 9 heteroatoms. The predicted molar refractivity (Wildman–Crippen MR) is 142 cm³/mol. The first-order valence-electron chi connectivity index (χ1n) is 11.4. The van der Waals surface area contributed by atoms with Crippen molar-refractivity contribution in [2.75, 3.05) is 7.05 Å². The first-order chi connectivity index (χ1) is 17.6. The van der Waals surface area contributed by atoms with E-state index in [1.807, 2.05) is 30.3 Å².